The number of alkyl halides is 1. The first kappa shape index (κ1) is 31.5. The van der Waals surface area contributed by atoms with Crippen molar-refractivity contribution in [1.82, 2.24) is 24.5 Å². The highest BCUT2D eigenvalue weighted by Gasteiger charge is 2.28. The average Bonchev–Trinajstić information content (AvgIpc) is 2.73. The van der Waals surface area contributed by atoms with E-state index in [1.807, 2.05) is 18.7 Å². The van der Waals surface area contributed by atoms with Crippen molar-refractivity contribution in [2.75, 3.05) is 90.0 Å². The standard InChI is InChI=1S/C22H40IN5O7/c1-22(2,4-5-23)24(3)18(29)14-25-6-8-26(15-19(30)31)10-12-28(17-21(34)35)13-11-27(9-7-25)16-20(32)33/h4-17H2,1-3H3,(H,30,31)(H,32,33)(H,34,35). The summed E-state index contributed by atoms with van der Waals surface area (Å²) < 4.78 is 0.916. The van der Waals surface area contributed by atoms with Crippen molar-refractivity contribution in [3.63, 3.8) is 0 Å². The summed E-state index contributed by atoms with van der Waals surface area (Å²) in [5.74, 6) is -2.99. The lowest BCUT2D eigenvalue weighted by Crippen LogP contribution is -2.52. The number of halogens is 1. The van der Waals surface area contributed by atoms with Crippen LogP contribution in [0.2, 0.25) is 0 Å². The van der Waals surface area contributed by atoms with E-state index >= 15 is 0 Å². The van der Waals surface area contributed by atoms with Crippen LogP contribution in [0.3, 0.4) is 0 Å². The van der Waals surface area contributed by atoms with Crippen LogP contribution in [-0.4, -0.2) is 159 Å². The molecule has 1 aliphatic heterocycles. The van der Waals surface area contributed by atoms with E-state index in [2.05, 4.69) is 22.6 Å². The lowest BCUT2D eigenvalue weighted by atomic mass is 10.00. The molecule has 1 saturated heterocycles. The molecule has 1 rings (SSSR count). The minimum atomic E-state index is -0.994. The molecule has 0 radical (unpaired) electrons. The van der Waals surface area contributed by atoms with Crippen LogP contribution < -0.4 is 0 Å². The van der Waals surface area contributed by atoms with Gasteiger partial charge in [0.2, 0.25) is 5.91 Å². The van der Waals surface area contributed by atoms with Crippen LogP contribution in [0.4, 0.5) is 0 Å². The first-order chi connectivity index (χ1) is 16.3. The number of carbonyl (C=O) groups is 4. The van der Waals surface area contributed by atoms with Gasteiger partial charge in [0, 0.05) is 69.4 Å². The van der Waals surface area contributed by atoms with Gasteiger partial charge in [0.05, 0.1) is 26.2 Å². The molecule has 0 aromatic heterocycles. The van der Waals surface area contributed by atoms with Crippen molar-refractivity contribution < 1.29 is 34.5 Å². The largest absolute Gasteiger partial charge is 0.480 e. The van der Waals surface area contributed by atoms with Gasteiger partial charge in [-0.15, -0.1) is 0 Å². The summed E-state index contributed by atoms with van der Waals surface area (Å²) in [5.41, 5.74) is -0.303. The topological polar surface area (TPSA) is 145 Å². The molecule has 1 aliphatic rings. The number of amides is 1. The Bertz CT molecular complexity index is 692. The number of carboxylic acids is 3. The second kappa shape index (κ2) is 15.5. The fraction of sp³-hybridized carbons (Fsp3) is 0.818. The van der Waals surface area contributed by atoms with Crippen molar-refractivity contribution in [3.05, 3.63) is 0 Å². The summed E-state index contributed by atoms with van der Waals surface area (Å²) in [7, 11) is 1.79. The summed E-state index contributed by atoms with van der Waals surface area (Å²) in [6.07, 6.45) is 0.849. The molecule has 12 nitrogen and oxygen atoms in total. The molecule has 0 spiro atoms. The highest BCUT2D eigenvalue weighted by atomic mass is 127. The summed E-state index contributed by atoms with van der Waals surface area (Å²) >= 11 is 2.29. The first-order valence-corrected chi connectivity index (χ1v) is 13.2. The van der Waals surface area contributed by atoms with Crippen LogP contribution in [0, 0.1) is 0 Å². The van der Waals surface area contributed by atoms with Crippen LogP contribution in [-0.2, 0) is 19.2 Å². The molecule has 13 heteroatoms. The van der Waals surface area contributed by atoms with Gasteiger partial charge in [0.25, 0.3) is 0 Å². The van der Waals surface area contributed by atoms with Gasteiger partial charge in [-0.3, -0.25) is 38.8 Å². The zero-order chi connectivity index (χ0) is 26.6. The number of nitrogens with zero attached hydrogens (tertiary/aromatic N) is 5. The number of carbonyl (C=O) groups excluding carboxylic acids is 1. The number of likely N-dealkylation sites (N-methyl/N-ethyl adjacent to an activating group) is 1. The lowest BCUT2D eigenvalue weighted by Gasteiger charge is -2.37. The van der Waals surface area contributed by atoms with Crippen molar-refractivity contribution in [3.8, 4) is 0 Å². The summed E-state index contributed by atoms with van der Waals surface area (Å²) in [5, 5.41) is 27.9. The fourth-order valence-corrected chi connectivity index (χ4v) is 5.14. The normalized spacial score (nSPS) is 18.4. The predicted octanol–water partition coefficient (Wildman–Crippen LogP) is -0.476. The molecule has 0 aromatic rings. The van der Waals surface area contributed by atoms with Gasteiger partial charge in [0.1, 0.15) is 0 Å². The molecule has 0 aromatic carbocycles. The van der Waals surface area contributed by atoms with Crippen molar-refractivity contribution in [2.45, 2.75) is 25.8 Å². The quantitative estimate of drug-likeness (QED) is 0.205. The highest BCUT2D eigenvalue weighted by Crippen LogP contribution is 2.18. The molecule has 1 amide bonds. The molecule has 202 valence electrons. The van der Waals surface area contributed by atoms with E-state index in [4.69, 9.17) is 0 Å². The van der Waals surface area contributed by atoms with Gasteiger partial charge in [0.15, 0.2) is 0 Å². The summed E-state index contributed by atoms with van der Waals surface area (Å²) in [4.78, 5) is 56.0. The second-order valence-corrected chi connectivity index (χ2v) is 10.6. The lowest BCUT2D eigenvalue weighted by molar-refractivity contribution is -0.141. The SMILES string of the molecule is CN(C(=O)CN1CCN(CC(=O)O)CCN(CC(=O)O)CCN(CC(=O)O)CC1)C(C)(C)CCI. The summed E-state index contributed by atoms with van der Waals surface area (Å²) in [6, 6.07) is 0. The molecule has 1 fully saturated rings. The first-order valence-electron chi connectivity index (χ1n) is 11.7. The Morgan fingerprint density at radius 3 is 1.23 bits per heavy atom. The third-order valence-electron chi connectivity index (χ3n) is 6.35. The highest BCUT2D eigenvalue weighted by molar-refractivity contribution is 14.1. The molecule has 3 N–H and O–H groups in total. The number of aliphatic carboxylic acids is 3. The minimum absolute atomic E-state index is 0.0471. The number of hydrogen-bond donors (Lipinski definition) is 3. The summed E-state index contributed by atoms with van der Waals surface area (Å²) in [6.45, 7) is 6.63. The van der Waals surface area contributed by atoms with E-state index in [9.17, 15) is 34.5 Å². The van der Waals surface area contributed by atoms with Crippen LogP contribution >= 0.6 is 22.6 Å². The fourth-order valence-electron chi connectivity index (χ4n) is 3.82. The van der Waals surface area contributed by atoms with E-state index < -0.39 is 17.9 Å². The van der Waals surface area contributed by atoms with Gasteiger partial charge >= 0.3 is 17.9 Å². The van der Waals surface area contributed by atoms with Gasteiger partial charge < -0.3 is 20.2 Å². The monoisotopic (exact) mass is 613 g/mol. The number of rotatable bonds is 11. The van der Waals surface area contributed by atoms with Crippen molar-refractivity contribution in [1.29, 1.82) is 0 Å². The van der Waals surface area contributed by atoms with Gasteiger partial charge in [-0.05, 0) is 20.3 Å². The van der Waals surface area contributed by atoms with Crippen LogP contribution in [0.25, 0.3) is 0 Å². The van der Waals surface area contributed by atoms with E-state index in [0.29, 0.717) is 52.4 Å². The Balaban J connectivity index is 3.03. The number of hydrogen-bond acceptors (Lipinski definition) is 8. The minimum Gasteiger partial charge on any atom is -0.480 e. The maximum Gasteiger partial charge on any atom is 0.317 e. The van der Waals surface area contributed by atoms with Crippen molar-refractivity contribution in [2.24, 2.45) is 0 Å². The molecular formula is C22H40IN5O7. The number of carboxylic acid groups (broad SMARTS) is 3. The van der Waals surface area contributed by atoms with Crippen LogP contribution in [0.5, 0.6) is 0 Å². The Morgan fingerprint density at radius 1 is 0.686 bits per heavy atom. The Hall–Kier alpha value is -1.55. The molecule has 0 aliphatic carbocycles. The van der Waals surface area contributed by atoms with E-state index in [0.717, 1.165) is 10.8 Å². The molecule has 0 unspecified atom stereocenters. The van der Waals surface area contributed by atoms with Gasteiger partial charge in [-0.1, -0.05) is 22.6 Å². The van der Waals surface area contributed by atoms with E-state index in [1.54, 1.807) is 26.6 Å². The zero-order valence-corrected chi connectivity index (χ0v) is 23.1. The molecule has 1 heterocycles. The molecule has 35 heavy (non-hydrogen) atoms. The third-order valence-corrected chi connectivity index (χ3v) is 6.89. The predicted molar refractivity (Wildman–Crippen MR) is 139 cm³/mol. The van der Waals surface area contributed by atoms with E-state index in [-0.39, 0.29) is 37.6 Å². The molecule has 0 atom stereocenters. The van der Waals surface area contributed by atoms with Crippen LogP contribution in [0.1, 0.15) is 20.3 Å². The smallest absolute Gasteiger partial charge is 0.317 e. The van der Waals surface area contributed by atoms with Crippen LogP contribution in [0.15, 0.2) is 0 Å². The van der Waals surface area contributed by atoms with Crippen molar-refractivity contribution >= 4 is 46.4 Å². The molecule has 0 bridgehead atoms. The Morgan fingerprint density at radius 2 is 0.971 bits per heavy atom. The molecular weight excluding hydrogens is 573 g/mol. The maximum absolute atomic E-state index is 13.1. The Labute approximate surface area is 220 Å². The maximum atomic E-state index is 13.1. The van der Waals surface area contributed by atoms with E-state index in [1.165, 1.54) is 0 Å². The third kappa shape index (κ3) is 12.8. The van der Waals surface area contributed by atoms with Gasteiger partial charge in [-0.25, -0.2) is 0 Å². The zero-order valence-electron chi connectivity index (χ0n) is 21.0. The van der Waals surface area contributed by atoms with Gasteiger partial charge in [-0.2, -0.15) is 0 Å². The molecule has 0 saturated carbocycles. The second-order valence-electron chi connectivity index (χ2n) is 9.49. The Kier molecular flexibility index (Phi) is 14.0. The average molecular weight is 613 g/mol.